The van der Waals surface area contributed by atoms with E-state index in [0.717, 1.165) is 6.92 Å². The molecule has 0 spiro atoms. The monoisotopic (exact) mass is 504 g/mol. The number of ether oxygens (including phenoxy) is 1. The Kier molecular flexibility index (Phi) is 8.03. The summed E-state index contributed by atoms with van der Waals surface area (Å²) in [6.07, 6.45) is -7.41. The van der Waals surface area contributed by atoms with Crippen LogP contribution in [-0.4, -0.2) is 48.4 Å². The molecule has 192 valence electrons. The molecule has 0 aliphatic heterocycles. The van der Waals surface area contributed by atoms with E-state index in [0.29, 0.717) is 0 Å². The SMILES string of the molecule is CCC(C)(C)C(C)(CC)C(=O)OCC(F)(F)C(F)(F)C(F)(F)C(F)(F)C(F)(F)C(F)(F)F. The highest BCUT2D eigenvalue weighted by Crippen LogP contribution is 2.60. The molecule has 0 fully saturated rings. The third kappa shape index (κ3) is 4.36. The lowest BCUT2D eigenvalue weighted by atomic mass is 9.63. The van der Waals surface area contributed by atoms with Crippen LogP contribution in [0.25, 0.3) is 0 Å². The van der Waals surface area contributed by atoms with Crippen LogP contribution < -0.4 is 0 Å². The molecular weight excluding hydrogens is 483 g/mol. The third-order valence-corrected chi connectivity index (χ3v) is 5.92. The van der Waals surface area contributed by atoms with Crippen LogP contribution in [0.1, 0.15) is 47.5 Å². The van der Waals surface area contributed by atoms with Crippen molar-refractivity contribution < 1.29 is 66.6 Å². The van der Waals surface area contributed by atoms with E-state index in [1.165, 1.54) is 20.8 Å². The van der Waals surface area contributed by atoms with Gasteiger partial charge in [0.1, 0.15) is 0 Å². The molecule has 0 amide bonds. The molecule has 15 heteroatoms. The summed E-state index contributed by atoms with van der Waals surface area (Å²) in [5.74, 6) is -39.3. The van der Waals surface area contributed by atoms with Crippen molar-refractivity contribution in [3.05, 3.63) is 0 Å². The smallest absolute Gasteiger partial charge is 0.459 e. The number of hydrogen-bond donors (Lipinski definition) is 0. The Balaban J connectivity index is 6.10. The van der Waals surface area contributed by atoms with Crippen molar-refractivity contribution in [2.45, 2.75) is 83.2 Å². The Morgan fingerprint density at radius 2 is 1.00 bits per heavy atom. The first-order valence-corrected chi connectivity index (χ1v) is 8.88. The van der Waals surface area contributed by atoms with Crippen molar-refractivity contribution in [3.8, 4) is 0 Å². The Bertz CT molecular complexity index is 682. The maximum atomic E-state index is 13.8. The molecule has 32 heavy (non-hydrogen) atoms. The second kappa shape index (κ2) is 8.41. The van der Waals surface area contributed by atoms with Gasteiger partial charge in [-0.25, -0.2) is 0 Å². The van der Waals surface area contributed by atoms with Crippen molar-refractivity contribution in [2.75, 3.05) is 6.61 Å². The number of hydrogen-bond acceptors (Lipinski definition) is 2. The third-order valence-electron chi connectivity index (χ3n) is 5.92. The van der Waals surface area contributed by atoms with E-state index in [-0.39, 0.29) is 12.8 Å². The average Bonchev–Trinajstić information content (AvgIpc) is 2.63. The van der Waals surface area contributed by atoms with Gasteiger partial charge >= 0.3 is 41.8 Å². The Morgan fingerprint density at radius 1 is 0.625 bits per heavy atom. The molecule has 0 aromatic rings. The Morgan fingerprint density at radius 3 is 1.31 bits per heavy atom. The highest BCUT2D eigenvalue weighted by Gasteiger charge is 2.90. The molecule has 0 aromatic carbocycles. The second-order valence-electron chi connectivity index (χ2n) is 8.00. The molecule has 0 bridgehead atoms. The molecule has 0 heterocycles. The van der Waals surface area contributed by atoms with Gasteiger partial charge in [0.05, 0.1) is 5.41 Å². The summed E-state index contributed by atoms with van der Waals surface area (Å²) in [6.45, 7) is 3.96. The van der Waals surface area contributed by atoms with Crippen LogP contribution in [0.4, 0.5) is 57.1 Å². The fourth-order valence-corrected chi connectivity index (χ4v) is 2.50. The minimum Gasteiger partial charge on any atom is -0.459 e. The minimum absolute atomic E-state index is 0.138. The van der Waals surface area contributed by atoms with Crippen LogP contribution in [0, 0.1) is 10.8 Å². The van der Waals surface area contributed by atoms with Gasteiger partial charge in [-0.3, -0.25) is 4.79 Å². The predicted octanol–water partition coefficient (Wildman–Crippen LogP) is 7.12. The van der Waals surface area contributed by atoms with Gasteiger partial charge in [-0.15, -0.1) is 0 Å². The predicted molar refractivity (Wildman–Crippen MR) is 84.2 cm³/mol. The number of rotatable bonds is 10. The Labute approximate surface area is 174 Å². The molecule has 0 saturated carbocycles. The zero-order valence-corrected chi connectivity index (χ0v) is 17.4. The molecule has 0 aliphatic rings. The largest absolute Gasteiger partial charge is 0.460 e. The fourth-order valence-electron chi connectivity index (χ4n) is 2.50. The van der Waals surface area contributed by atoms with Gasteiger partial charge in [0.25, 0.3) is 0 Å². The maximum Gasteiger partial charge on any atom is 0.460 e. The Hall–Kier alpha value is -1.44. The van der Waals surface area contributed by atoms with E-state index >= 15 is 0 Å². The average molecular weight is 504 g/mol. The van der Waals surface area contributed by atoms with Gasteiger partial charge in [-0.05, 0) is 25.2 Å². The van der Waals surface area contributed by atoms with Crippen LogP contribution in [0.3, 0.4) is 0 Å². The standard InChI is InChI=1S/C17H21F13O2/c1-6-10(3,4)11(5,7-2)9(31)32-8-12(18,19)13(20,21)14(22,23)15(24,25)16(26,27)17(28,29)30/h6-8H2,1-5H3. The van der Waals surface area contributed by atoms with Crippen molar-refractivity contribution in [2.24, 2.45) is 10.8 Å². The molecule has 0 saturated heterocycles. The minimum atomic E-state index is -7.99. The maximum absolute atomic E-state index is 13.8. The van der Waals surface area contributed by atoms with Crippen LogP contribution in [0.5, 0.6) is 0 Å². The molecule has 0 N–H and O–H groups in total. The topological polar surface area (TPSA) is 26.3 Å². The summed E-state index contributed by atoms with van der Waals surface area (Å²) < 4.78 is 174. The van der Waals surface area contributed by atoms with Gasteiger partial charge in [0, 0.05) is 0 Å². The fraction of sp³-hybridized carbons (Fsp3) is 0.941. The van der Waals surface area contributed by atoms with E-state index in [1.54, 1.807) is 6.92 Å². The lowest BCUT2D eigenvalue weighted by Gasteiger charge is -2.42. The molecule has 0 aromatic heterocycles. The summed E-state index contributed by atoms with van der Waals surface area (Å²) in [4.78, 5) is 12.2. The molecular formula is C17H21F13O2. The van der Waals surface area contributed by atoms with E-state index in [2.05, 4.69) is 4.74 Å². The van der Waals surface area contributed by atoms with Crippen LogP contribution in [0.2, 0.25) is 0 Å². The quantitative estimate of drug-likeness (QED) is 0.234. The molecule has 0 aliphatic carbocycles. The van der Waals surface area contributed by atoms with E-state index in [1.807, 2.05) is 0 Å². The number of carbonyl (C=O) groups excluding carboxylic acids is 1. The highest BCUT2D eigenvalue weighted by atomic mass is 19.4. The first-order valence-electron chi connectivity index (χ1n) is 8.88. The summed E-state index contributed by atoms with van der Waals surface area (Å²) in [5, 5.41) is 0. The van der Waals surface area contributed by atoms with Gasteiger partial charge in [-0.1, -0.05) is 27.7 Å². The number of halogens is 13. The van der Waals surface area contributed by atoms with Crippen LogP contribution in [-0.2, 0) is 9.53 Å². The number of alkyl halides is 13. The van der Waals surface area contributed by atoms with E-state index < -0.39 is 59.2 Å². The van der Waals surface area contributed by atoms with Gasteiger partial charge < -0.3 is 4.74 Å². The molecule has 1 atom stereocenters. The lowest BCUT2D eigenvalue weighted by Crippen LogP contribution is -2.70. The highest BCUT2D eigenvalue weighted by molar-refractivity contribution is 5.77. The van der Waals surface area contributed by atoms with Crippen molar-refractivity contribution in [1.29, 1.82) is 0 Å². The van der Waals surface area contributed by atoms with Gasteiger partial charge in [0.15, 0.2) is 6.61 Å². The zero-order valence-electron chi connectivity index (χ0n) is 17.4. The lowest BCUT2D eigenvalue weighted by molar-refractivity contribution is -0.441. The van der Waals surface area contributed by atoms with Gasteiger partial charge in [0.2, 0.25) is 0 Å². The molecule has 2 nitrogen and oxygen atoms in total. The van der Waals surface area contributed by atoms with Crippen molar-refractivity contribution >= 4 is 5.97 Å². The number of esters is 1. The normalized spacial score (nSPS) is 17.2. The summed E-state index contributed by atoms with van der Waals surface area (Å²) in [6, 6.07) is 0. The van der Waals surface area contributed by atoms with E-state index in [9.17, 15) is 61.9 Å². The zero-order chi connectivity index (χ0) is 26.4. The van der Waals surface area contributed by atoms with Crippen LogP contribution >= 0.6 is 0 Å². The first kappa shape index (κ1) is 30.6. The molecule has 1 unspecified atom stereocenters. The molecule has 0 rings (SSSR count). The van der Waals surface area contributed by atoms with Gasteiger partial charge in [-0.2, -0.15) is 57.1 Å². The summed E-state index contributed by atoms with van der Waals surface area (Å²) in [7, 11) is 0. The second-order valence-corrected chi connectivity index (χ2v) is 8.00. The molecule has 0 radical (unpaired) electrons. The summed E-state index contributed by atoms with van der Waals surface area (Å²) >= 11 is 0. The summed E-state index contributed by atoms with van der Waals surface area (Å²) in [5.41, 5.74) is -2.69. The van der Waals surface area contributed by atoms with E-state index in [4.69, 9.17) is 0 Å². The van der Waals surface area contributed by atoms with Crippen molar-refractivity contribution in [1.82, 2.24) is 0 Å². The van der Waals surface area contributed by atoms with Crippen LogP contribution in [0.15, 0.2) is 0 Å². The first-order chi connectivity index (χ1) is 13.7. The number of carbonyl (C=O) groups is 1. The van der Waals surface area contributed by atoms with Crippen molar-refractivity contribution in [3.63, 3.8) is 0 Å².